The summed E-state index contributed by atoms with van der Waals surface area (Å²) in [5, 5.41) is 13.6. The summed E-state index contributed by atoms with van der Waals surface area (Å²) in [7, 11) is 0. The minimum atomic E-state index is -0.750. The number of carbonyl (C=O) groups is 2. The van der Waals surface area contributed by atoms with Crippen LogP contribution in [-0.4, -0.2) is 56.2 Å². The first-order valence-electron chi connectivity index (χ1n) is 10.0. The first-order chi connectivity index (χ1) is 13.9. The third-order valence-electron chi connectivity index (χ3n) is 5.32. The number of rotatable bonds is 9. The molecule has 2 heterocycles. The van der Waals surface area contributed by atoms with Crippen molar-refractivity contribution in [1.82, 2.24) is 9.61 Å². The fraction of sp³-hybridized carbons (Fsp3) is 0.348. The Labute approximate surface area is 198 Å². The summed E-state index contributed by atoms with van der Waals surface area (Å²) < 4.78 is 2.00. The molecule has 3 aromatic rings. The van der Waals surface area contributed by atoms with Crippen molar-refractivity contribution in [3.8, 4) is 11.1 Å². The Bertz CT molecular complexity index is 1040. The number of aryl methyl sites for hydroxylation is 2. The van der Waals surface area contributed by atoms with Crippen LogP contribution in [0.4, 0.5) is 0 Å². The number of fused-ring (bicyclic) bond motifs is 1. The Balaban J connectivity index is 0.00000320. The molecule has 6 nitrogen and oxygen atoms in total. The van der Waals surface area contributed by atoms with Crippen LogP contribution < -0.4 is 5.73 Å². The molecule has 154 valence electrons. The molecule has 7 heteroatoms. The van der Waals surface area contributed by atoms with Gasteiger partial charge in [0.1, 0.15) is 0 Å². The Morgan fingerprint density at radius 1 is 1.07 bits per heavy atom. The van der Waals surface area contributed by atoms with Crippen LogP contribution in [0.1, 0.15) is 59.9 Å². The van der Waals surface area contributed by atoms with Crippen LogP contribution in [-0.2, 0) is 17.6 Å². The number of hydrogen-bond donors (Lipinski definition) is 2. The van der Waals surface area contributed by atoms with Gasteiger partial charge in [-0.3, -0.25) is 9.59 Å². The summed E-state index contributed by atoms with van der Waals surface area (Å²) in [5.41, 5.74) is 12.3. The molecule has 0 saturated heterocycles. The van der Waals surface area contributed by atoms with Crippen LogP contribution in [0.5, 0.6) is 0 Å². The van der Waals surface area contributed by atoms with E-state index in [1.165, 1.54) is 5.56 Å². The maximum atomic E-state index is 11.4. The van der Waals surface area contributed by atoms with Crippen molar-refractivity contribution in [3.63, 3.8) is 0 Å². The normalized spacial score (nSPS) is 10.7. The van der Waals surface area contributed by atoms with Crippen molar-refractivity contribution in [2.45, 2.75) is 52.4 Å². The van der Waals surface area contributed by atoms with Crippen molar-refractivity contribution in [2.75, 3.05) is 0 Å². The predicted octanol–water partition coefficient (Wildman–Crippen LogP) is 3.51. The van der Waals surface area contributed by atoms with E-state index in [1.54, 1.807) is 12.1 Å². The van der Waals surface area contributed by atoms with E-state index >= 15 is 0 Å². The van der Waals surface area contributed by atoms with Gasteiger partial charge in [0.25, 0.3) is 0 Å². The zero-order valence-electron chi connectivity index (χ0n) is 16.9. The van der Waals surface area contributed by atoms with E-state index in [1.807, 2.05) is 23.6 Å². The molecule has 0 radical (unpaired) electrons. The monoisotopic (exact) mass is 417 g/mol. The van der Waals surface area contributed by atoms with Crippen molar-refractivity contribution >= 4 is 47.0 Å². The molecule has 3 N–H and O–H groups in total. The predicted molar refractivity (Wildman–Crippen MR) is 120 cm³/mol. The van der Waals surface area contributed by atoms with E-state index in [0.717, 1.165) is 53.7 Å². The van der Waals surface area contributed by atoms with E-state index < -0.39 is 11.9 Å². The molecule has 1 amide bonds. The molecular formula is C23H28N3NaO3. The van der Waals surface area contributed by atoms with Gasteiger partial charge >= 0.3 is 35.5 Å². The summed E-state index contributed by atoms with van der Waals surface area (Å²) in [4.78, 5) is 22.2. The van der Waals surface area contributed by atoms with E-state index in [-0.39, 0.29) is 36.0 Å². The van der Waals surface area contributed by atoms with Gasteiger partial charge in [0.2, 0.25) is 5.91 Å². The maximum absolute atomic E-state index is 11.4. The number of carboxylic acid groups (broad SMARTS) is 1. The average molecular weight is 417 g/mol. The van der Waals surface area contributed by atoms with Crippen molar-refractivity contribution in [3.05, 3.63) is 58.9 Å². The van der Waals surface area contributed by atoms with Gasteiger partial charge in [-0.25, -0.2) is 4.52 Å². The van der Waals surface area contributed by atoms with Crippen LogP contribution in [0.2, 0.25) is 0 Å². The number of amides is 1. The number of hydrogen-bond acceptors (Lipinski definition) is 3. The number of carbonyl (C=O) groups excluding carboxylic acids is 1. The molecule has 0 fully saturated rings. The second-order valence-corrected chi connectivity index (χ2v) is 7.31. The number of unbranched alkanes of at least 4 members (excludes halogenated alkanes) is 2. The van der Waals surface area contributed by atoms with Crippen LogP contribution in [0, 0.1) is 6.92 Å². The number of aliphatic carboxylic acids is 1. The summed E-state index contributed by atoms with van der Waals surface area (Å²) in [5.74, 6) is -1.19. The van der Waals surface area contributed by atoms with Gasteiger partial charge in [-0.15, -0.1) is 0 Å². The summed E-state index contributed by atoms with van der Waals surface area (Å²) in [6, 6.07) is 11.6. The fourth-order valence-corrected chi connectivity index (χ4v) is 3.78. The first-order valence-corrected chi connectivity index (χ1v) is 10.0. The minimum absolute atomic E-state index is 0. The van der Waals surface area contributed by atoms with Gasteiger partial charge in [0, 0.05) is 23.2 Å². The van der Waals surface area contributed by atoms with E-state index in [2.05, 4.69) is 19.1 Å². The van der Waals surface area contributed by atoms with E-state index in [4.69, 9.17) is 15.9 Å². The summed E-state index contributed by atoms with van der Waals surface area (Å²) in [6.07, 6.45) is 4.36. The second-order valence-electron chi connectivity index (χ2n) is 7.31. The molecule has 0 saturated carbocycles. The van der Waals surface area contributed by atoms with Gasteiger partial charge in [0.05, 0.1) is 11.2 Å². The SMILES string of the molecule is CCc1ccc2c(-c3ccc(C(N)=O)cc3)c(CCCCCC(=O)O)c(C)nn12.[NaH]. The van der Waals surface area contributed by atoms with Crippen molar-refractivity contribution < 1.29 is 14.7 Å². The number of nitrogens with two attached hydrogens (primary N) is 1. The fourth-order valence-electron chi connectivity index (χ4n) is 3.78. The van der Waals surface area contributed by atoms with Crippen LogP contribution in [0.15, 0.2) is 36.4 Å². The Morgan fingerprint density at radius 3 is 2.37 bits per heavy atom. The summed E-state index contributed by atoms with van der Waals surface area (Å²) >= 11 is 0. The van der Waals surface area contributed by atoms with Gasteiger partial charge in [-0.2, -0.15) is 5.10 Å². The Morgan fingerprint density at radius 2 is 1.77 bits per heavy atom. The average Bonchev–Trinajstić information content (AvgIpc) is 3.09. The molecule has 0 aliphatic heterocycles. The number of primary amides is 1. The molecule has 0 spiro atoms. The van der Waals surface area contributed by atoms with Crippen LogP contribution >= 0.6 is 0 Å². The van der Waals surface area contributed by atoms with Gasteiger partial charge in [-0.05, 0) is 68.0 Å². The van der Waals surface area contributed by atoms with Crippen molar-refractivity contribution in [2.24, 2.45) is 5.73 Å². The Kier molecular flexibility index (Phi) is 8.65. The quantitative estimate of drug-likeness (QED) is 0.411. The molecule has 0 unspecified atom stereocenters. The molecule has 0 aliphatic carbocycles. The number of carboxylic acids is 1. The first kappa shape index (κ1) is 24.1. The molecule has 2 aromatic heterocycles. The van der Waals surface area contributed by atoms with Crippen LogP contribution in [0.3, 0.4) is 0 Å². The second kappa shape index (κ2) is 10.8. The molecule has 1 aromatic carbocycles. The third-order valence-corrected chi connectivity index (χ3v) is 5.32. The molecule has 0 aliphatic rings. The standard InChI is InChI=1S/C23H27N3O3.Na.H/c1-3-18-13-14-20-22(16-9-11-17(12-10-16)23(24)29)19(15(2)25-26(18)20)7-5-4-6-8-21(27)28;;/h9-14H,3-8H2,1-2H3,(H2,24,29)(H,27,28);;. The molecular weight excluding hydrogens is 389 g/mol. The molecule has 3 rings (SSSR count). The van der Waals surface area contributed by atoms with E-state index in [0.29, 0.717) is 12.0 Å². The zero-order chi connectivity index (χ0) is 21.0. The summed E-state index contributed by atoms with van der Waals surface area (Å²) in [6.45, 7) is 4.13. The number of nitrogens with zero attached hydrogens (tertiary/aromatic N) is 2. The third kappa shape index (κ3) is 5.31. The van der Waals surface area contributed by atoms with Crippen molar-refractivity contribution in [1.29, 1.82) is 0 Å². The van der Waals surface area contributed by atoms with Gasteiger partial charge in [-0.1, -0.05) is 25.5 Å². The Hall–Kier alpha value is -2.15. The van der Waals surface area contributed by atoms with E-state index in [9.17, 15) is 9.59 Å². The molecule has 0 atom stereocenters. The van der Waals surface area contributed by atoms with Gasteiger partial charge < -0.3 is 10.8 Å². The zero-order valence-corrected chi connectivity index (χ0v) is 16.9. The topological polar surface area (TPSA) is 97.7 Å². The molecule has 0 bridgehead atoms. The number of benzene rings is 1. The number of aromatic nitrogens is 2. The van der Waals surface area contributed by atoms with Crippen LogP contribution in [0.25, 0.3) is 16.6 Å². The van der Waals surface area contributed by atoms with Gasteiger partial charge in [0.15, 0.2) is 0 Å². The molecule has 30 heavy (non-hydrogen) atoms.